The van der Waals surface area contributed by atoms with E-state index in [1.807, 2.05) is 0 Å². The van der Waals surface area contributed by atoms with Gasteiger partial charge in [-0.3, -0.25) is 9.59 Å². The number of halogens is 2. The van der Waals surface area contributed by atoms with Gasteiger partial charge in [0.2, 0.25) is 5.91 Å². The Bertz CT molecular complexity index is 784. The third-order valence-electron chi connectivity index (χ3n) is 4.09. The lowest BCUT2D eigenvalue weighted by atomic mass is 10.2. The van der Waals surface area contributed by atoms with Crippen LogP contribution >= 0.6 is 0 Å². The molecular weight excluding hydrogens is 344 g/mol. The first-order valence-corrected chi connectivity index (χ1v) is 8.72. The second-order valence-electron chi connectivity index (χ2n) is 5.51. The van der Waals surface area contributed by atoms with Gasteiger partial charge in [0, 0.05) is 19.6 Å². The van der Waals surface area contributed by atoms with Gasteiger partial charge in [0.1, 0.15) is 17.5 Å². The van der Waals surface area contributed by atoms with Crippen LogP contribution in [-0.4, -0.2) is 68.1 Å². The van der Waals surface area contributed by atoms with Crippen LogP contribution in [0.3, 0.4) is 0 Å². The molecule has 2 aliphatic rings. The molecule has 1 N–H and O–H groups in total. The average Bonchev–Trinajstić information content (AvgIpc) is 2.76. The number of hydrogen-bond donors (Lipinski definition) is 1. The van der Waals surface area contributed by atoms with Crippen LogP contribution in [0.25, 0.3) is 0 Å². The Balaban J connectivity index is 1.84. The van der Waals surface area contributed by atoms with Crippen LogP contribution < -0.4 is 5.32 Å². The number of sulfonamides is 1. The van der Waals surface area contributed by atoms with Crippen LogP contribution in [0.15, 0.2) is 29.2 Å². The molecule has 2 heterocycles. The van der Waals surface area contributed by atoms with Gasteiger partial charge in [0.15, 0.2) is 0 Å². The molecule has 0 bridgehead atoms. The second-order valence-corrected chi connectivity index (χ2v) is 7.34. The minimum Gasteiger partial charge on any atom is -0.330 e. The van der Waals surface area contributed by atoms with Crippen LogP contribution in [0.2, 0.25) is 0 Å². The van der Waals surface area contributed by atoms with Crippen molar-refractivity contribution in [1.29, 1.82) is 0 Å². The largest absolute Gasteiger partial charge is 0.330 e. The number of carbonyl (C=O) groups is 2. The second kappa shape index (κ2) is 6.10. The summed E-state index contributed by atoms with van der Waals surface area (Å²) in [7, 11) is -4.13. The number of alkyl halides is 2. The lowest BCUT2D eigenvalue weighted by Crippen LogP contribution is -2.58. The highest BCUT2D eigenvalue weighted by atomic mass is 32.2. The number of nitrogens with one attached hydrogen (secondary N) is 1. The summed E-state index contributed by atoms with van der Waals surface area (Å²) in [5.41, 5.74) is -0.0176. The molecule has 1 saturated heterocycles. The third-order valence-corrected chi connectivity index (χ3v) is 5.87. The predicted octanol–water partition coefficient (Wildman–Crippen LogP) is -0.103. The average molecular weight is 359 g/mol. The molecule has 2 amide bonds. The zero-order valence-electron chi connectivity index (χ0n) is 12.5. The molecule has 1 atom stereocenters. The summed E-state index contributed by atoms with van der Waals surface area (Å²) in [5, 5.41) is 2.76. The molecule has 3 rings (SSSR count). The predicted molar refractivity (Wildman–Crippen MR) is 79.0 cm³/mol. The molecule has 0 spiro atoms. The maximum absolute atomic E-state index is 13.1. The van der Waals surface area contributed by atoms with Gasteiger partial charge in [-0.25, -0.2) is 21.5 Å². The summed E-state index contributed by atoms with van der Waals surface area (Å²) >= 11 is 0. The number of fused-ring (bicyclic) bond motifs is 1. The Morgan fingerprint density at radius 2 is 2.04 bits per heavy atom. The van der Waals surface area contributed by atoms with Crippen molar-refractivity contribution in [2.24, 2.45) is 0 Å². The fraction of sp³-hybridized carbons (Fsp3) is 0.429. The molecular formula is C14H15F2N3O4S. The van der Waals surface area contributed by atoms with Crippen molar-refractivity contribution in [3.05, 3.63) is 29.8 Å². The van der Waals surface area contributed by atoms with Crippen molar-refractivity contribution in [3.8, 4) is 0 Å². The maximum atomic E-state index is 13.1. The van der Waals surface area contributed by atoms with E-state index < -0.39 is 40.8 Å². The van der Waals surface area contributed by atoms with Gasteiger partial charge in [-0.2, -0.15) is 0 Å². The highest BCUT2D eigenvalue weighted by Gasteiger charge is 2.43. The van der Waals surface area contributed by atoms with E-state index in [1.54, 1.807) is 0 Å². The van der Waals surface area contributed by atoms with E-state index in [1.165, 1.54) is 24.3 Å². The van der Waals surface area contributed by atoms with E-state index in [-0.39, 0.29) is 23.5 Å². The minimum absolute atomic E-state index is 0.0176. The fourth-order valence-electron chi connectivity index (χ4n) is 2.86. The summed E-state index contributed by atoms with van der Waals surface area (Å²) < 4.78 is 51.4. The summed E-state index contributed by atoms with van der Waals surface area (Å²) in [4.78, 5) is 25.4. The smallest absolute Gasteiger partial charge is 0.269 e. The Labute approximate surface area is 137 Å². The Hall–Kier alpha value is -2.07. The number of amides is 2. The number of hydrogen-bond acceptors (Lipinski definition) is 5. The van der Waals surface area contributed by atoms with Gasteiger partial charge < -0.3 is 10.2 Å². The third kappa shape index (κ3) is 2.65. The van der Waals surface area contributed by atoms with Gasteiger partial charge >= 0.3 is 0 Å². The first-order chi connectivity index (χ1) is 11.3. The molecule has 1 unspecified atom stereocenters. The number of piperazine rings is 1. The molecule has 24 heavy (non-hydrogen) atoms. The zero-order valence-corrected chi connectivity index (χ0v) is 13.3. The first-order valence-electron chi connectivity index (χ1n) is 7.28. The van der Waals surface area contributed by atoms with Gasteiger partial charge in [-0.1, -0.05) is 12.1 Å². The Kier molecular flexibility index (Phi) is 4.26. The molecule has 130 valence electrons. The molecule has 1 fully saturated rings. The number of rotatable bonds is 3. The molecule has 7 nitrogen and oxygen atoms in total. The molecule has 0 aliphatic carbocycles. The highest BCUT2D eigenvalue weighted by molar-refractivity contribution is 7.90. The summed E-state index contributed by atoms with van der Waals surface area (Å²) in [6, 6.07) is 4.28. The Morgan fingerprint density at radius 3 is 2.71 bits per heavy atom. The van der Waals surface area contributed by atoms with Crippen LogP contribution in [0, 0.1) is 0 Å². The van der Waals surface area contributed by atoms with Gasteiger partial charge in [0.25, 0.3) is 22.4 Å². The van der Waals surface area contributed by atoms with Crippen LogP contribution in [0.4, 0.5) is 8.78 Å². The molecule has 0 aromatic heterocycles. The fourth-order valence-corrected chi connectivity index (χ4v) is 4.38. The van der Waals surface area contributed by atoms with Crippen molar-refractivity contribution in [2.75, 3.05) is 26.2 Å². The molecule has 0 radical (unpaired) electrons. The van der Waals surface area contributed by atoms with Crippen molar-refractivity contribution >= 4 is 21.8 Å². The monoisotopic (exact) mass is 359 g/mol. The van der Waals surface area contributed by atoms with Crippen LogP contribution in [0.1, 0.15) is 10.4 Å². The molecule has 10 heteroatoms. The van der Waals surface area contributed by atoms with Crippen molar-refractivity contribution in [1.82, 2.24) is 14.5 Å². The maximum Gasteiger partial charge on any atom is 0.269 e. The van der Waals surface area contributed by atoms with Gasteiger partial charge in [0.05, 0.1) is 5.56 Å². The minimum atomic E-state index is -4.13. The topological polar surface area (TPSA) is 86.8 Å². The summed E-state index contributed by atoms with van der Waals surface area (Å²) in [6.07, 6.45) is -2.76. The van der Waals surface area contributed by atoms with E-state index in [0.29, 0.717) is 10.8 Å². The van der Waals surface area contributed by atoms with E-state index in [0.717, 1.165) is 4.90 Å². The van der Waals surface area contributed by atoms with Crippen LogP contribution in [-0.2, 0) is 14.8 Å². The first kappa shape index (κ1) is 16.8. The lowest BCUT2D eigenvalue weighted by molar-refractivity contribution is -0.138. The molecule has 0 saturated carbocycles. The quantitative estimate of drug-likeness (QED) is 0.814. The van der Waals surface area contributed by atoms with Crippen LogP contribution in [0.5, 0.6) is 0 Å². The van der Waals surface area contributed by atoms with Crippen molar-refractivity contribution in [2.45, 2.75) is 17.4 Å². The lowest BCUT2D eigenvalue weighted by Gasteiger charge is -2.36. The number of carbonyl (C=O) groups excluding carboxylic acids is 2. The summed E-state index contributed by atoms with van der Waals surface area (Å²) in [5.74, 6) is -1.63. The molecule has 1 aromatic carbocycles. The van der Waals surface area contributed by atoms with Crippen molar-refractivity contribution in [3.63, 3.8) is 0 Å². The van der Waals surface area contributed by atoms with Crippen molar-refractivity contribution < 1.29 is 26.8 Å². The normalized spacial score (nSPS) is 22.8. The molecule has 1 aromatic rings. The summed E-state index contributed by atoms with van der Waals surface area (Å²) in [6.45, 7) is -0.498. The number of nitrogens with zero attached hydrogens (tertiary/aromatic N) is 2. The van der Waals surface area contributed by atoms with E-state index in [9.17, 15) is 26.8 Å². The highest BCUT2D eigenvalue weighted by Crippen LogP contribution is 2.30. The van der Waals surface area contributed by atoms with Gasteiger partial charge in [-0.05, 0) is 12.1 Å². The Morgan fingerprint density at radius 1 is 1.33 bits per heavy atom. The standard InChI is InChI=1S/C14H15F2N3O4S/c15-13(16)10-7-17-5-6-18(10)12(20)8-19-14(21)9-3-1-2-4-11(9)24(19,22)23/h1-4,10,13,17H,5-8H2. The SMILES string of the molecule is O=C(CN1C(=O)c2ccccc2S1(=O)=O)N1CCNCC1C(F)F. The number of benzene rings is 1. The zero-order chi connectivity index (χ0) is 17.5. The molecule has 2 aliphatic heterocycles. The van der Waals surface area contributed by atoms with Gasteiger partial charge in [-0.15, -0.1) is 0 Å². The van der Waals surface area contributed by atoms with E-state index in [2.05, 4.69) is 5.32 Å². The van der Waals surface area contributed by atoms with E-state index in [4.69, 9.17) is 0 Å². The van der Waals surface area contributed by atoms with E-state index >= 15 is 0 Å².